The van der Waals surface area contributed by atoms with Crippen molar-refractivity contribution in [3.63, 3.8) is 0 Å². The largest absolute Gasteiger partial charge is 0.396 e. The summed E-state index contributed by atoms with van der Waals surface area (Å²) in [6.07, 6.45) is 0.618. The third-order valence-electron chi connectivity index (χ3n) is 1.82. The highest BCUT2D eigenvalue weighted by atomic mass is 16.2. The Hall–Kier alpha value is -2.08. The summed E-state index contributed by atoms with van der Waals surface area (Å²) >= 11 is 0. The topological polar surface area (TPSA) is 123 Å². The predicted octanol–water partition coefficient (Wildman–Crippen LogP) is -0.559. The molecule has 0 aliphatic heterocycles. The summed E-state index contributed by atoms with van der Waals surface area (Å²) in [7, 11) is 0. The van der Waals surface area contributed by atoms with Gasteiger partial charge in [0.05, 0.1) is 5.69 Å². The molecule has 1 rings (SSSR count). The van der Waals surface area contributed by atoms with E-state index in [4.69, 9.17) is 22.3 Å². The van der Waals surface area contributed by atoms with Crippen molar-refractivity contribution in [3.05, 3.63) is 29.8 Å². The van der Waals surface area contributed by atoms with Crippen LogP contribution in [0.1, 0.15) is 5.56 Å². The molecule has 1 aromatic carbocycles. The van der Waals surface area contributed by atoms with E-state index >= 15 is 0 Å². The van der Waals surface area contributed by atoms with Crippen molar-refractivity contribution in [1.82, 2.24) is 0 Å². The first-order valence-corrected chi connectivity index (χ1v) is 4.75. The van der Waals surface area contributed by atoms with Gasteiger partial charge in [-0.25, -0.2) is 4.99 Å². The van der Waals surface area contributed by atoms with Crippen LogP contribution in [-0.4, -0.2) is 23.6 Å². The number of rotatable bonds is 3. The number of hydrogen-bond donors (Lipinski definition) is 4. The second-order valence-electron chi connectivity index (χ2n) is 3.15. The van der Waals surface area contributed by atoms with Gasteiger partial charge in [0.25, 0.3) is 0 Å². The quantitative estimate of drug-likeness (QED) is 0.403. The molecule has 0 aliphatic carbocycles. The molecule has 0 bridgehead atoms. The maximum Gasteiger partial charge on any atom is 0.223 e. The highest BCUT2D eigenvalue weighted by Gasteiger charge is 1.94. The first-order valence-electron chi connectivity index (χ1n) is 4.75. The van der Waals surface area contributed by atoms with Gasteiger partial charge in [-0.15, -0.1) is 0 Å². The van der Waals surface area contributed by atoms with Gasteiger partial charge in [-0.2, -0.15) is 4.99 Å². The van der Waals surface area contributed by atoms with Crippen LogP contribution < -0.4 is 17.2 Å². The molecule has 0 aliphatic rings. The van der Waals surface area contributed by atoms with Crippen molar-refractivity contribution < 1.29 is 5.11 Å². The summed E-state index contributed by atoms with van der Waals surface area (Å²) < 4.78 is 0. The lowest BCUT2D eigenvalue weighted by Gasteiger charge is -1.99. The third-order valence-corrected chi connectivity index (χ3v) is 1.82. The molecule has 0 radical (unpaired) electrons. The third kappa shape index (κ3) is 3.97. The Bertz CT molecular complexity index is 392. The predicted molar refractivity (Wildman–Crippen MR) is 64.3 cm³/mol. The number of hydrogen-bond acceptors (Lipinski definition) is 2. The second kappa shape index (κ2) is 5.72. The van der Waals surface area contributed by atoms with Crippen LogP contribution in [-0.2, 0) is 6.42 Å². The van der Waals surface area contributed by atoms with E-state index in [0.29, 0.717) is 12.1 Å². The van der Waals surface area contributed by atoms with E-state index in [-0.39, 0.29) is 18.5 Å². The molecule has 16 heavy (non-hydrogen) atoms. The molecule has 0 heterocycles. The SMILES string of the molecule is NC(N)=NC(N)=Nc1ccc(CCO)cc1. The van der Waals surface area contributed by atoms with Gasteiger partial charge in [-0.1, -0.05) is 12.1 Å². The normalized spacial score (nSPS) is 11.2. The maximum atomic E-state index is 8.74. The lowest BCUT2D eigenvalue weighted by Crippen LogP contribution is -2.26. The number of nitrogens with zero attached hydrogens (tertiary/aromatic N) is 2. The van der Waals surface area contributed by atoms with Gasteiger partial charge in [0.2, 0.25) is 5.96 Å². The first kappa shape index (κ1) is 12.0. The van der Waals surface area contributed by atoms with Gasteiger partial charge >= 0.3 is 0 Å². The molecule has 0 fully saturated rings. The van der Waals surface area contributed by atoms with Gasteiger partial charge in [0, 0.05) is 6.61 Å². The average Bonchev–Trinajstić information content (AvgIpc) is 2.20. The molecule has 0 atom stereocenters. The highest BCUT2D eigenvalue weighted by molar-refractivity contribution is 5.93. The fourth-order valence-electron chi connectivity index (χ4n) is 1.16. The van der Waals surface area contributed by atoms with Crippen LogP contribution in [0, 0.1) is 0 Å². The number of nitrogens with two attached hydrogens (primary N) is 3. The van der Waals surface area contributed by atoms with Gasteiger partial charge in [-0.3, -0.25) is 0 Å². The van der Waals surface area contributed by atoms with Crippen LogP contribution in [0.3, 0.4) is 0 Å². The fourth-order valence-corrected chi connectivity index (χ4v) is 1.16. The Labute approximate surface area is 93.5 Å². The smallest absolute Gasteiger partial charge is 0.223 e. The van der Waals surface area contributed by atoms with Crippen molar-refractivity contribution in [2.24, 2.45) is 27.2 Å². The minimum Gasteiger partial charge on any atom is -0.396 e. The summed E-state index contributed by atoms with van der Waals surface area (Å²) in [5.41, 5.74) is 17.5. The number of aliphatic hydroxyl groups excluding tert-OH is 1. The summed E-state index contributed by atoms with van der Waals surface area (Å²) in [6, 6.07) is 7.27. The van der Waals surface area contributed by atoms with Gasteiger partial charge < -0.3 is 22.3 Å². The van der Waals surface area contributed by atoms with Crippen LogP contribution in [0.5, 0.6) is 0 Å². The molecule has 0 amide bonds. The van der Waals surface area contributed by atoms with Crippen molar-refractivity contribution in [2.75, 3.05) is 6.61 Å². The Morgan fingerprint density at radius 3 is 2.25 bits per heavy atom. The van der Waals surface area contributed by atoms with Crippen LogP contribution >= 0.6 is 0 Å². The number of guanidine groups is 2. The Morgan fingerprint density at radius 2 is 1.75 bits per heavy atom. The zero-order valence-electron chi connectivity index (χ0n) is 8.80. The van der Waals surface area contributed by atoms with E-state index in [1.54, 1.807) is 12.1 Å². The van der Waals surface area contributed by atoms with E-state index in [1.807, 2.05) is 12.1 Å². The Morgan fingerprint density at radius 1 is 1.12 bits per heavy atom. The molecule has 0 saturated carbocycles. The molecule has 1 aromatic rings. The van der Waals surface area contributed by atoms with Crippen molar-refractivity contribution >= 4 is 17.6 Å². The molecule has 7 N–H and O–H groups in total. The van der Waals surface area contributed by atoms with E-state index in [2.05, 4.69) is 9.98 Å². The number of benzene rings is 1. The standard InChI is InChI=1S/C10H15N5O/c11-9(12)15-10(13)14-8-3-1-7(2-4-8)5-6-16/h1-4,16H,5-6H2,(H6,11,12,13,14,15). The average molecular weight is 221 g/mol. The van der Waals surface area contributed by atoms with E-state index in [1.165, 1.54) is 0 Å². The molecule has 0 saturated heterocycles. The van der Waals surface area contributed by atoms with Crippen LogP contribution in [0.15, 0.2) is 34.3 Å². The van der Waals surface area contributed by atoms with Gasteiger partial charge in [0.15, 0.2) is 5.96 Å². The molecular weight excluding hydrogens is 206 g/mol. The summed E-state index contributed by atoms with van der Waals surface area (Å²) in [4.78, 5) is 7.58. The second-order valence-corrected chi connectivity index (χ2v) is 3.15. The summed E-state index contributed by atoms with van der Waals surface area (Å²) in [6.45, 7) is 0.124. The van der Waals surface area contributed by atoms with Crippen LogP contribution in [0.4, 0.5) is 5.69 Å². The number of aliphatic imine (C=N–C) groups is 2. The van der Waals surface area contributed by atoms with Gasteiger partial charge in [0.1, 0.15) is 0 Å². The molecule has 0 spiro atoms. The molecule has 6 heteroatoms. The zero-order chi connectivity index (χ0) is 12.0. The maximum absolute atomic E-state index is 8.74. The van der Waals surface area contributed by atoms with Crippen LogP contribution in [0.2, 0.25) is 0 Å². The first-order chi connectivity index (χ1) is 7.61. The molecular formula is C10H15N5O. The molecule has 0 unspecified atom stereocenters. The molecule has 86 valence electrons. The Balaban J connectivity index is 2.78. The lowest BCUT2D eigenvalue weighted by atomic mass is 10.1. The summed E-state index contributed by atoms with van der Waals surface area (Å²) in [5.74, 6) is -0.118. The highest BCUT2D eigenvalue weighted by Crippen LogP contribution is 2.13. The Kier molecular flexibility index (Phi) is 4.28. The fraction of sp³-hybridized carbons (Fsp3) is 0.200. The molecule has 0 aromatic heterocycles. The zero-order valence-corrected chi connectivity index (χ0v) is 8.80. The van der Waals surface area contributed by atoms with Crippen molar-refractivity contribution in [2.45, 2.75) is 6.42 Å². The number of aliphatic hydroxyl groups is 1. The van der Waals surface area contributed by atoms with E-state index in [9.17, 15) is 0 Å². The van der Waals surface area contributed by atoms with Crippen molar-refractivity contribution in [3.8, 4) is 0 Å². The minimum atomic E-state index is -0.127. The van der Waals surface area contributed by atoms with Gasteiger partial charge in [-0.05, 0) is 24.1 Å². The van der Waals surface area contributed by atoms with E-state index in [0.717, 1.165) is 5.56 Å². The molecule has 6 nitrogen and oxygen atoms in total. The van der Waals surface area contributed by atoms with E-state index < -0.39 is 0 Å². The van der Waals surface area contributed by atoms with Crippen LogP contribution in [0.25, 0.3) is 0 Å². The summed E-state index contributed by atoms with van der Waals surface area (Å²) in [5, 5.41) is 8.74. The lowest BCUT2D eigenvalue weighted by molar-refractivity contribution is 0.299. The minimum absolute atomic E-state index is 0.00917. The monoisotopic (exact) mass is 221 g/mol. The van der Waals surface area contributed by atoms with Crippen molar-refractivity contribution in [1.29, 1.82) is 0 Å².